The van der Waals surface area contributed by atoms with E-state index in [2.05, 4.69) is 15.0 Å². The molecular weight excluding hydrogens is 362 g/mol. The zero-order chi connectivity index (χ0) is 19.2. The van der Waals surface area contributed by atoms with E-state index in [0.29, 0.717) is 28.6 Å². The molecule has 0 aliphatic rings. The van der Waals surface area contributed by atoms with Crippen LogP contribution in [0.25, 0.3) is 17.2 Å². The molecule has 0 aromatic carbocycles. The lowest BCUT2D eigenvalue weighted by molar-refractivity contribution is -0.137. The van der Waals surface area contributed by atoms with Crippen LogP contribution in [0.2, 0.25) is 0 Å². The van der Waals surface area contributed by atoms with Crippen molar-refractivity contribution < 1.29 is 17.6 Å². The van der Waals surface area contributed by atoms with E-state index in [4.69, 9.17) is 0 Å². The van der Waals surface area contributed by atoms with Crippen LogP contribution in [0, 0.1) is 12.9 Å². The average molecular weight is 375 g/mol. The minimum Gasteiger partial charge on any atom is -0.324 e. The van der Waals surface area contributed by atoms with Crippen LogP contribution >= 0.6 is 0 Å². The Balaban J connectivity index is 1.73. The van der Waals surface area contributed by atoms with Crippen molar-refractivity contribution in [3.8, 4) is 11.5 Å². The largest absolute Gasteiger partial charge is 0.417 e. The molecule has 0 amide bonds. The summed E-state index contributed by atoms with van der Waals surface area (Å²) in [4.78, 5) is 12.4. The molecule has 4 rings (SSSR count). The second kappa shape index (κ2) is 6.19. The quantitative estimate of drug-likeness (QED) is 0.400. The lowest BCUT2D eigenvalue weighted by Crippen LogP contribution is -2.06. The van der Waals surface area contributed by atoms with E-state index in [1.165, 1.54) is 22.6 Å². The van der Waals surface area contributed by atoms with Crippen LogP contribution in [-0.2, 0) is 12.7 Å². The Labute approximate surface area is 150 Å². The van der Waals surface area contributed by atoms with E-state index >= 15 is 0 Å². The number of imidazole rings is 2. The standard InChI is InChI=1S/C18H13F4N5/c1-11-14(25-16-6-5-12(9-27(11)16)18(20,21)22)10-26-8-7-23-17(26)13-3-2-4-15(19)24-13/h2-9H,10H2,1H3. The highest BCUT2D eigenvalue weighted by atomic mass is 19.4. The summed E-state index contributed by atoms with van der Waals surface area (Å²) in [5.41, 5.74) is 1.21. The molecule has 0 N–H and O–H groups in total. The van der Waals surface area contributed by atoms with Gasteiger partial charge in [-0.25, -0.2) is 15.0 Å². The number of fused-ring (bicyclic) bond motifs is 1. The summed E-state index contributed by atoms with van der Waals surface area (Å²) in [6.07, 6.45) is -0.156. The number of alkyl halides is 3. The molecule has 0 spiro atoms. The Morgan fingerprint density at radius 1 is 1.07 bits per heavy atom. The summed E-state index contributed by atoms with van der Waals surface area (Å²) < 4.78 is 55.4. The van der Waals surface area contributed by atoms with Gasteiger partial charge in [-0.3, -0.25) is 0 Å². The van der Waals surface area contributed by atoms with E-state index < -0.39 is 17.7 Å². The van der Waals surface area contributed by atoms with Crippen LogP contribution in [-0.4, -0.2) is 23.9 Å². The molecule has 5 nitrogen and oxygen atoms in total. The first kappa shape index (κ1) is 17.2. The van der Waals surface area contributed by atoms with E-state index in [1.807, 2.05) is 0 Å². The molecule has 0 unspecified atom stereocenters. The third kappa shape index (κ3) is 3.16. The number of halogens is 4. The maximum absolute atomic E-state index is 13.4. The number of rotatable bonds is 3. The van der Waals surface area contributed by atoms with Crippen LogP contribution in [0.4, 0.5) is 17.6 Å². The molecule has 4 aromatic rings. The first-order valence-corrected chi connectivity index (χ1v) is 8.02. The zero-order valence-corrected chi connectivity index (χ0v) is 14.1. The van der Waals surface area contributed by atoms with Crippen molar-refractivity contribution in [3.63, 3.8) is 0 Å². The normalized spacial score (nSPS) is 12.0. The van der Waals surface area contributed by atoms with Crippen molar-refractivity contribution in [1.29, 1.82) is 0 Å². The first-order valence-electron chi connectivity index (χ1n) is 8.02. The minimum absolute atomic E-state index is 0.266. The molecule has 4 heterocycles. The Bertz CT molecular complexity index is 1130. The van der Waals surface area contributed by atoms with Gasteiger partial charge in [-0.05, 0) is 31.2 Å². The van der Waals surface area contributed by atoms with E-state index in [0.717, 1.165) is 12.3 Å². The van der Waals surface area contributed by atoms with Gasteiger partial charge in [-0.1, -0.05) is 6.07 Å². The monoisotopic (exact) mass is 375 g/mol. The predicted molar refractivity (Wildman–Crippen MR) is 89.4 cm³/mol. The second-order valence-corrected chi connectivity index (χ2v) is 6.01. The lowest BCUT2D eigenvalue weighted by atomic mass is 10.2. The molecule has 0 fully saturated rings. The Morgan fingerprint density at radius 2 is 1.89 bits per heavy atom. The van der Waals surface area contributed by atoms with Crippen LogP contribution in [0.5, 0.6) is 0 Å². The number of pyridine rings is 2. The number of hydrogen-bond acceptors (Lipinski definition) is 3. The molecular formula is C18H13F4N5. The molecule has 0 saturated carbocycles. The summed E-state index contributed by atoms with van der Waals surface area (Å²) in [5.74, 6) is -0.174. The summed E-state index contributed by atoms with van der Waals surface area (Å²) in [5, 5.41) is 0. The minimum atomic E-state index is -4.42. The van der Waals surface area contributed by atoms with Gasteiger partial charge >= 0.3 is 6.18 Å². The highest BCUT2D eigenvalue weighted by Gasteiger charge is 2.31. The van der Waals surface area contributed by atoms with Gasteiger partial charge < -0.3 is 8.97 Å². The molecule has 0 aliphatic carbocycles. The lowest BCUT2D eigenvalue weighted by Gasteiger charge is -2.08. The van der Waals surface area contributed by atoms with Gasteiger partial charge in [0.25, 0.3) is 0 Å². The number of aromatic nitrogens is 5. The second-order valence-electron chi connectivity index (χ2n) is 6.01. The third-order valence-corrected chi connectivity index (χ3v) is 4.26. The van der Waals surface area contributed by atoms with Gasteiger partial charge in [0.05, 0.1) is 17.8 Å². The van der Waals surface area contributed by atoms with Crippen molar-refractivity contribution in [1.82, 2.24) is 23.9 Å². The highest BCUT2D eigenvalue weighted by molar-refractivity contribution is 5.50. The van der Waals surface area contributed by atoms with Gasteiger partial charge in [0.1, 0.15) is 11.3 Å². The Kier molecular flexibility index (Phi) is 3.94. The predicted octanol–water partition coefficient (Wildman–Crippen LogP) is 4.11. The molecule has 9 heteroatoms. The smallest absolute Gasteiger partial charge is 0.324 e. The number of aryl methyl sites for hydroxylation is 1. The number of hydrogen-bond donors (Lipinski definition) is 0. The number of nitrogens with zero attached hydrogens (tertiary/aromatic N) is 5. The molecule has 4 aromatic heterocycles. The molecule has 27 heavy (non-hydrogen) atoms. The fourth-order valence-corrected chi connectivity index (χ4v) is 2.89. The highest BCUT2D eigenvalue weighted by Crippen LogP contribution is 2.30. The topological polar surface area (TPSA) is 48.0 Å². The molecule has 0 bridgehead atoms. The summed E-state index contributed by atoms with van der Waals surface area (Å²) in [6.45, 7) is 1.97. The Morgan fingerprint density at radius 3 is 2.63 bits per heavy atom. The molecule has 138 valence electrons. The van der Waals surface area contributed by atoms with Crippen LogP contribution in [0.3, 0.4) is 0 Å². The summed E-state index contributed by atoms with van der Waals surface area (Å²) in [6, 6.07) is 6.74. The fraction of sp³-hybridized carbons (Fsp3) is 0.167. The molecule has 0 atom stereocenters. The average Bonchev–Trinajstić information content (AvgIpc) is 3.19. The van der Waals surface area contributed by atoms with Gasteiger partial charge in [-0.2, -0.15) is 17.6 Å². The maximum atomic E-state index is 13.4. The van der Waals surface area contributed by atoms with Crippen molar-refractivity contribution in [2.75, 3.05) is 0 Å². The van der Waals surface area contributed by atoms with E-state index in [9.17, 15) is 17.6 Å². The summed E-state index contributed by atoms with van der Waals surface area (Å²) in [7, 11) is 0. The molecule has 0 radical (unpaired) electrons. The third-order valence-electron chi connectivity index (χ3n) is 4.26. The first-order chi connectivity index (χ1) is 12.8. The van der Waals surface area contributed by atoms with Gasteiger partial charge in [0.15, 0.2) is 5.82 Å². The van der Waals surface area contributed by atoms with Crippen molar-refractivity contribution >= 4 is 5.65 Å². The van der Waals surface area contributed by atoms with Gasteiger partial charge in [-0.15, -0.1) is 0 Å². The molecule has 0 saturated heterocycles. The van der Waals surface area contributed by atoms with Gasteiger partial charge in [0.2, 0.25) is 5.95 Å². The van der Waals surface area contributed by atoms with E-state index in [-0.39, 0.29) is 6.54 Å². The van der Waals surface area contributed by atoms with Crippen LogP contribution < -0.4 is 0 Å². The zero-order valence-electron chi connectivity index (χ0n) is 14.1. The summed E-state index contributed by atoms with van der Waals surface area (Å²) >= 11 is 0. The Hall–Kier alpha value is -3.23. The van der Waals surface area contributed by atoms with Crippen molar-refractivity contribution in [3.05, 3.63) is 71.8 Å². The van der Waals surface area contributed by atoms with Crippen LogP contribution in [0.15, 0.2) is 48.9 Å². The van der Waals surface area contributed by atoms with Gasteiger partial charge in [0, 0.05) is 24.3 Å². The van der Waals surface area contributed by atoms with Crippen molar-refractivity contribution in [2.45, 2.75) is 19.6 Å². The maximum Gasteiger partial charge on any atom is 0.417 e. The SMILES string of the molecule is Cc1c(Cn2ccnc2-c2cccc(F)n2)nc2ccc(C(F)(F)F)cn12. The fourth-order valence-electron chi connectivity index (χ4n) is 2.89. The van der Waals surface area contributed by atoms with Crippen LogP contribution in [0.1, 0.15) is 17.0 Å². The van der Waals surface area contributed by atoms with Crippen molar-refractivity contribution in [2.24, 2.45) is 0 Å². The van der Waals surface area contributed by atoms with E-state index in [1.54, 1.807) is 30.0 Å². The molecule has 0 aliphatic heterocycles.